The summed E-state index contributed by atoms with van der Waals surface area (Å²) in [5.74, 6) is 0. The van der Waals surface area contributed by atoms with E-state index in [2.05, 4.69) is 60.7 Å². The van der Waals surface area contributed by atoms with Gasteiger partial charge in [0.05, 0.1) is 0 Å². The van der Waals surface area contributed by atoms with Gasteiger partial charge in [-0.15, -0.1) is 0 Å². The van der Waals surface area contributed by atoms with Gasteiger partial charge in [-0.1, -0.05) is 41.5 Å². The summed E-state index contributed by atoms with van der Waals surface area (Å²) in [4.78, 5) is 0. The fourth-order valence-electron chi connectivity index (χ4n) is 1.60. The van der Waals surface area contributed by atoms with E-state index < -0.39 is 0 Å². The molecule has 0 radical (unpaired) electrons. The fraction of sp³-hybridized carbons (Fsp3) is 1.00. The van der Waals surface area contributed by atoms with E-state index >= 15 is 0 Å². The predicted octanol–water partition coefficient (Wildman–Crippen LogP) is 3.45. The molecule has 0 aromatic carbocycles. The maximum Gasteiger partial charge on any atom is 0.0180 e. The van der Waals surface area contributed by atoms with Crippen LogP contribution >= 0.6 is 0 Å². The molecule has 0 saturated heterocycles. The number of nitrogens with one attached hydrogen (secondary N) is 1. The van der Waals surface area contributed by atoms with Gasteiger partial charge in [0.25, 0.3) is 0 Å². The molecule has 0 atom stereocenters. The summed E-state index contributed by atoms with van der Waals surface area (Å²) in [6, 6.07) is 0. The van der Waals surface area contributed by atoms with Crippen LogP contribution in [0, 0.1) is 10.8 Å². The van der Waals surface area contributed by atoms with E-state index in [9.17, 15) is 0 Å². The molecule has 0 bridgehead atoms. The first kappa shape index (κ1) is 13.0. The lowest BCUT2D eigenvalue weighted by atomic mass is 9.59. The fourth-order valence-corrected chi connectivity index (χ4v) is 1.60. The summed E-state index contributed by atoms with van der Waals surface area (Å²) < 4.78 is 0. The van der Waals surface area contributed by atoms with Gasteiger partial charge in [0.2, 0.25) is 0 Å². The summed E-state index contributed by atoms with van der Waals surface area (Å²) in [6.45, 7) is 19.4. The number of rotatable bonds is 3. The van der Waals surface area contributed by atoms with E-state index in [0.29, 0.717) is 5.41 Å². The van der Waals surface area contributed by atoms with Gasteiger partial charge < -0.3 is 5.32 Å². The molecule has 0 amide bonds. The minimum absolute atomic E-state index is 0.181. The maximum atomic E-state index is 3.57. The van der Waals surface area contributed by atoms with Crippen molar-refractivity contribution in [1.82, 2.24) is 5.32 Å². The highest BCUT2D eigenvalue weighted by Gasteiger charge is 2.44. The molecule has 0 aromatic rings. The summed E-state index contributed by atoms with van der Waals surface area (Å²) in [5, 5.41) is 3.57. The molecule has 80 valence electrons. The average Bonchev–Trinajstić information content (AvgIpc) is 1.84. The van der Waals surface area contributed by atoms with Gasteiger partial charge in [0.1, 0.15) is 0 Å². The molecule has 1 N–H and O–H groups in total. The van der Waals surface area contributed by atoms with Crippen molar-refractivity contribution in [3.63, 3.8) is 0 Å². The molecule has 0 rings (SSSR count). The molecule has 1 heteroatoms. The Labute approximate surface area is 84.3 Å². The Morgan fingerprint density at radius 3 is 1.46 bits per heavy atom. The molecule has 0 saturated carbocycles. The zero-order chi connectivity index (χ0) is 10.9. The van der Waals surface area contributed by atoms with E-state index in [1.165, 1.54) is 0 Å². The van der Waals surface area contributed by atoms with Gasteiger partial charge in [0, 0.05) is 5.54 Å². The minimum atomic E-state index is 0.181. The third-order valence-corrected chi connectivity index (χ3v) is 4.06. The van der Waals surface area contributed by atoms with Crippen molar-refractivity contribution in [1.29, 1.82) is 0 Å². The zero-order valence-electron chi connectivity index (χ0n) is 10.7. The van der Waals surface area contributed by atoms with Crippen molar-refractivity contribution in [3.8, 4) is 0 Å². The van der Waals surface area contributed by atoms with Crippen molar-refractivity contribution >= 4 is 0 Å². The van der Waals surface area contributed by atoms with Gasteiger partial charge in [-0.25, -0.2) is 0 Å². The summed E-state index contributed by atoms with van der Waals surface area (Å²) in [6.07, 6.45) is 0. The zero-order valence-corrected chi connectivity index (χ0v) is 10.7. The van der Waals surface area contributed by atoms with Crippen LogP contribution in [0.5, 0.6) is 0 Å². The van der Waals surface area contributed by atoms with Crippen molar-refractivity contribution in [2.45, 2.75) is 60.9 Å². The number of hydrogen-bond acceptors (Lipinski definition) is 1. The van der Waals surface area contributed by atoms with Gasteiger partial charge in [0.15, 0.2) is 0 Å². The third-order valence-electron chi connectivity index (χ3n) is 4.06. The molecule has 0 aliphatic heterocycles. The Morgan fingerprint density at radius 2 is 1.23 bits per heavy atom. The summed E-state index contributed by atoms with van der Waals surface area (Å²) >= 11 is 0. The molecule has 13 heavy (non-hydrogen) atoms. The van der Waals surface area contributed by atoms with E-state index in [-0.39, 0.29) is 11.0 Å². The molecule has 0 aliphatic rings. The number of hydrogen-bond donors (Lipinski definition) is 1. The van der Waals surface area contributed by atoms with E-state index in [1.807, 2.05) is 0 Å². The Balaban J connectivity index is 4.81. The van der Waals surface area contributed by atoms with Crippen LogP contribution in [0.4, 0.5) is 0 Å². The van der Waals surface area contributed by atoms with Gasteiger partial charge in [-0.05, 0) is 31.2 Å². The SMILES string of the molecule is CCNC(C)(C)C(C)(C)C(C)(C)C. The van der Waals surface area contributed by atoms with Crippen molar-refractivity contribution in [2.75, 3.05) is 6.54 Å². The second-order valence-electron chi connectivity index (χ2n) is 6.03. The minimum Gasteiger partial charge on any atom is -0.312 e. The Kier molecular flexibility index (Phi) is 3.59. The van der Waals surface area contributed by atoms with Crippen LogP contribution in [-0.2, 0) is 0 Å². The van der Waals surface area contributed by atoms with Crippen LogP contribution in [0.3, 0.4) is 0 Å². The molecular weight excluding hydrogens is 158 g/mol. The Bertz CT molecular complexity index is 160. The van der Waals surface area contributed by atoms with Crippen LogP contribution in [0.2, 0.25) is 0 Å². The Morgan fingerprint density at radius 1 is 0.846 bits per heavy atom. The average molecular weight is 185 g/mol. The summed E-state index contributed by atoms with van der Waals surface area (Å²) in [5.41, 5.74) is 0.772. The van der Waals surface area contributed by atoms with Crippen molar-refractivity contribution < 1.29 is 0 Å². The third kappa shape index (κ3) is 2.46. The molecule has 0 fully saturated rings. The second kappa shape index (κ2) is 3.61. The normalized spacial score (nSPS) is 14.8. The monoisotopic (exact) mass is 185 g/mol. The van der Waals surface area contributed by atoms with E-state index in [4.69, 9.17) is 0 Å². The van der Waals surface area contributed by atoms with Crippen LogP contribution in [-0.4, -0.2) is 12.1 Å². The first-order chi connectivity index (χ1) is 5.56. The second-order valence-corrected chi connectivity index (χ2v) is 6.03. The largest absolute Gasteiger partial charge is 0.312 e. The maximum absolute atomic E-state index is 3.57. The first-order valence-electron chi connectivity index (χ1n) is 5.31. The Hall–Kier alpha value is -0.0400. The lowest BCUT2D eigenvalue weighted by Gasteiger charge is -2.51. The standard InChI is InChI=1S/C12H27N/c1-9-13-12(7,8)11(5,6)10(2,3)4/h13H,9H2,1-8H3. The van der Waals surface area contributed by atoms with Gasteiger partial charge in [-0.2, -0.15) is 0 Å². The molecule has 0 aliphatic carbocycles. The first-order valence-corrected chi connectivity index (χ1v) is 5.31. The molecule has 0 unspecified atom stereocenters. The smallest absolute Gasteiger partial charge is 0.0180 e. The summed E-state index contributed by atoms with van der Waals surface area (Å²) in [7, 11) is 0. The molecule has 0 heterocycles. The highest BCUT2D eigenvalue weighted by molar-refractivity contribution is 4.99. The van der Waals surface area contributed by atoms with Crippen LogP contribution in [0.15, 0.2) is 0 Å². The topological polar surface area (TPSA) is 12.0 Å². The van der Waals surface area contributed by atoms with Crippen LogP contribution < -0.4 is 5.32 Å². The molecular formula is C12H27N. The van der Waals surface area contributed by atoms with E-state index in [0.717, 1.165) is 6.54 Å². The van der Waals surface area contributed by atoms with Gasteiger partial charge >= 0.3 is 0 Å². The molecule has 1 nitrogen and oxygen atoms in total. The van der Waals surface area contributed by atoms with Gasteiger partial charge in [-0.3, -0.25) is 0 Å². The molecule has 0 spiro atoms. The van der Waals surface area contributed by atoms with Crippen LogP contribution in [0.25, 0.3) is 0 Å². The lowest BCUT2D eigenvalue weighted by molar-refractivity contribution is 0.0284. The van der Waals surface area contributed by atoms with E-state index in [1.54, 1.807) is 0 Å². The van der Waals surface area contributed by atoms with Crippen LogP contribution in [0.1, 0.15) is 55.4 Å². The predicted molar refractivity (Wildman–Crippen MR) is 61.0 cm³/mol. The van der Waals surface area contributed by atoms with Crippen molar-refractivity contribution in [2.24, 2.45) is 10.8 Å². The van der Waals surface area contributed by atoms with Crippen molar-refractivity contribution in [3.05, 3.63) is 0 Å². The quantitative estimate of drug-likeness (QED) is 0.710. The lowest BCUT2D eigenvalue weighted by Crippen LogP contribution is -2.56. The molecule has 0 aromatic heterocycles. The highest BCUT2D eigenvalue weighted by Crippen LogP contribution is 2.45. The highest BCUT2D eigenvalue weighted by atomic mass is 15.0.